The molecule has 3 N–H and O–H groups in total. The monoisotopic (exact) mass is 273 g/mol. The normalized spacial score (nSPS) is 24.7. The molecule has 7 nitrogen and oxygen atoms in total. The van der Waals surface area contributed by atoms with E-state index in [0.29, 0.717) is 17.8 Å². The van der Waals surface area contributed by atoms with Crippen molar-refractivity contribution >= 4 is 22.6 Å². The van der Waals surface area contributed by atoms with Crippen LogP contribution < -0.4 is 10.6 Å². The minimum atomic E-state index is -0.384. The van der Waals surface area contributed by atoms with Crippen molar-refractivity contribution in [3.63, 3.8) is 0 Å². The number of hydrogen-bond donors (Lipinski definition) is 2. The van der Waals surface area contributed by atoms with Crippen molar-refractivity contribution in [2.45, 2.75) is 25.0 Å². The number of carbonyl (C=O) groups is 1. The number of ether oxygens (including phenoxy) is 1. The highest BCUT2D eigenvalue weighted by Crippen LogP contribution is 2.34. The lowest BCUT2D eigenvalue weighted by atomic mass is 10.2. The Balaban J connectivity index is 1.69. The number of aromatic amines is 1. The first-order valence-corrected chi connectivity index (χ1v) is 6.70. The van der Waals surface area contributed by atoms with Crippen LogP contribution in [0.25, 0.3) is 10.9 Å². The van der Waals surface area contributed by atoms with E-state index in [1.807, 2.05) is 6.07 Å². The van der Waals surface area contributed by atoms with Crippen molar-refractivity contribution in [1.29, 1.82) is 0 Å². The van der Waals surface area contributed by atoms with E-state index in [9.17, 15) is 4.79 Å². The average Bonchev–Trinajstić information content (AvgIpc) is 3.11. The fourth-order valence-electron chi connectivity index (χ4n) is 3.10. The van der Waals surface area contributed by atoms with Gasteiger partial charge in [-0.15, -0.1) is 0 Å². The second-order valence-electron chi connectivity index (χ2n) is 5.41. The second kappa shape index (κ2) is 4.17. The predicted octanol–water partition coefficient (Wildman–Crippen LogP) is -0.0368. The SMILES string of the molecule is NC(=O)Cc1cc2[nH]nc(N3CC4CC3CO4)c2cn1. The second-order valence-corrected chi connectivity index (χ2v) is 5.41. The molecule has 4 rings (SSSR count). The zero-order chi connectivity index (χ0) is 13.7. The quantitative estimate of drug-likeness (QED) is 0.818. The molecule has 2 aliphatic heterocycles. The number of aromatic nitrogens is 3. The van der Waals surface area contributed by atoms with Gasteiger partial charge in [-0.1, -0.05) is 0 Å². The van der Waals surface area contributed by atoms with Gasteiger partial charge in [0.05, 0.1) is 41.8 Å². The van der Waals surface area contributed by atoms with Gasteiger partial charge < -0.3 is 15.4 Å². The molecule has 4 heterocycles. The maximum atomic E-state index is 10.9. The Labute approximate surface area is 115 Å². The minimum absolute atomic E-state index is 0.145. The molecule has 0 aromatic carbocycles. The van der Waals surface area contributed by atoms with Crippen LogP contribution in [0.15, 0.2) is 12.3 Å². The summed E-state index contributed by atoms with van der Waals surface area (Å²) in [7, 11) is 0. The number of nitrogens with zero attached hydrogens (tertiary/aromatic N) is 3. The van der Waals surface area contributed by atoms with Gasteiger partial charge in [-0.05, 0) is 12.5 Å². The molecule has 2 atom stereocenters. The molecule has 0 spiro atoms. The zero-order valence-corrected chi connectivity index (χ0v) is 10.9. The van der Waals surface area contributed by atoms with Crippen LogP contribution in [0.1, 0.15) is 12.1 Å². The van der Waals surface area contributed by atoms with Crippen molar-refractivity contribution in [2.75, 3.05) is 18.1 Å². The Kier molecular flexibility index (Phi) is 2.43. The molecule has 0 radical (unpaired) electrons. The molecule has 0 saturated carbocycles. The van der Waals surface area contributed by atoms with Crippen molar-refractivity contribution < 1.29 is 9.53 Å². The molecule has 7 heteroatoms. The van der Waals surface area contributed by atoms with E-state index in [0.717, 1.165) is 36.3 Å². The first-order chi connectivity index (χ1) is 9.70. The van der Waals surface area contributed by atoms with Crippen LogP contribution in [0, 0.1) is 0 Å². The summed E-state index contributed by atoms with van der Waals surface area (Å²) in [4.78, 5) is 17.5. The number of anilines is 1. The maximum absolute atomic E-state index is 10.9. The first kappa shape index (κ1) is 11.7. The third kappa shape index (κ3) is 1.74. The average molecular weight is 273 g/mol. The van der Waals surface area contributed by atoms with E-state index in [1.54, 1.807) is 6.20 Å². The number of pyridine rings is 1. The van der Waals surface area contributed by atoms with Crippen molar-refractivity contribution in [3.05, 3.63) is 18.0 Å². The molecule has 20 heavy (non-hydrogen) atoms. The molecule has 2 bridgehead atoms. The Hall–Kier alpha value is -2.15. The Morgan fingerprint density at radius 3 is 3.20 bits per heavy atom. The van der Waals surface area contributed by atoms with Gasteiger partial charge in [0, 0.05) is 12.7 Å². The number of amides is 1. The molecule has 104 valence electrons. The molecule has 0 aliphatic carbocycles. The van der Waals surface area contributed by atoms with E-state index in [1.165, 1.54) is 0 Å². The Bertz CT molecular complexity index is 682. The lowest BCUT2D eigenvalue weighted by Gasteiger charge is -2.26. The van der Waals surface area contributed by atoms with Crippen LogP contribution in [0.3, 0.4) is 0 Å². The summed E-state index contributed by atoms with van der Waals surface area (Å²) in [6, 6.07) is 2.25. The van der Waals surface area contributed by atoms with Gasteiger partial charge in [-0.2, -0.15) is 5.10 Å². The highest BCUT2D eigenvalue weighted by molar-refractivity contribution is 5.90. The summed E-state index contributed by atoms with van der Waals surface area (Å²) in [5, 5.41) is 8.40. The number of nitrogens with one attached hydrogen (secondary N) is 1. The van der Waals surface area contributed by atoms with E-state index in [4.69, 9.17) is 10.5 Å². The summed E-state index contributed by atoms with van der Waals surface area (Å²) in [6.07, 6.45) is 3.31. The van der Waals surface area contributed by atoms with Crippen LogP contribution in [0.5, 0.6) is 0 Å². The molecule has 2 saturated heterocycles. The van der Waals surface area contributed by atoms with Crippen molar-refractivity contribution in [1.82, 2.24) is 15.2 Å². The fourth-order valence-corrected chi connectivity index (χ4v) is 3.10. The van der Waals surface area contributed by atoms with Crippen LogP contribution in [0.4, 0.5) is 5.82 Å². The lowest BCUT2D eigenvalue weighted by molar-refractivity contribution is -0.117. The number of nitrogens with two attached hydrogens (primary N) is 1. The van der Waals surface area contributed by atoms with Gasteiger partial charge in [-0.3, -0.25) is 14.9 Å². The Morgan fingerprint density at radius 1 is 1.60 bits per heavy atom. The Morgan fingerprint density at radius 2 is 2.50 bits per heavy atom. The van der Waals surface area contributed by atoms with Crippen LogP contribution in [-0.4, -0.2) is 46.4 Å². The summed E-state index contributed by atoms with van der Waals surface area (Å²) < 4.78 is 5.61. The van der Waals surface area contributed by atoms with Crippen LogP contribution >= 0.6 is 0 Å². The molecule has 2 aromatic heterocycles. The molecule has 2 fully saturated rings. The topological polar surface area (TPSA) is 97.1 Å². The number of fused-ring (bicyclic) bond motifs is 3. The third-order valence-electron chi connectivity index (χ3n) is 4.01. The predicted molar refractivity (Wildman–Crippen MR) is 72.3 cm³/mol. The largest absolute Gasteiger partial charge is 0.374 e. The van der Waals surface area contributed by atoms with Gasteiger partial charge in [0.2, 0.25) is 5.91 Å². The molecular weight excluding hydrogens is 258 g/mol. The summed E-state index contributed by atoms with van der Waals surface area (Å²) >= 11 is 0. The van der Waals surface area contributed by atoms with Gasteiger partial charge in [0.1, 0.15) is 0 Å². The smallest absolute Gasteiger partial charge is 0.223 e. The summed E-state index contributed by atoms with van der Waals surface area (Å²) in [5.41, 5.74) is 6.73. The molecule has 2 unspecified atom stereocenters. The minimum Gasteiger partial charge on any atom is -0.374 e. The van der Waals surface area contributed by atoms with Crippen LogP contribution in [0.2, 0.25) is 0 Å². The van der Waals surface area contributed by atoms with Gasteiger partial charge in [0.25, 0.3) is 0 Å². The zero-order valence-electron chi connectivity index (χ0n) is 10.9. The number of hydrogen-bond acceptors (Lipinski definition) is 5. The molecule has 2 aromatic rings. The number of carbonyl (C=O) groups excluding carboxylic acids is 1. The number of rotatable bonds is 3. The van der Waals surface area contributed by atoms with Gasteiger partial charge in [-0.25, -0.2) is 0 Å². The highest BCUT2D eigenvalue weighted by Gasteiger charge is 2.40. The van der Waals surface area contributed by atoms with E-state index >= 15 is 0 Å². The number of primary amides is 1. The highest BCUT2D eigenvalue weighted by atomic mass is 16.5. The number of morpholine rings is 1. The van der Waals surface area contributed by atoms with E-state index in [-0.39, 0.29) is 12.3 Å². The first-order valence-electron chi connectivity index (χ1n) is 6.70. The molecular formula is C13H15N5O2. The summed E-state index contributed by atoms with van der Waals surface area (Å²) in [6.45, 7) is 1.65. The number of H-pyrrole nitrogens is 1. The molecule has 1 amide bonds. The van der Waals surface area contributed by atoms with Gasteiger partial charge >= 0.3 is 0 Å². The summed E-state index contributed by atoms with van der Waals surface area (Å²) in [5.74, 6) is 0.541. The molecule has 2 aliphatic rings. The van der Waals surface area contributed by atoms with E-state index in [2.05, 4.69) is 20.1 Å². The van der Waals surface area contributed by atoms with Crippen molar-refractivity contribution in [3.8, 4) is 0 Å². The van der Waals surface area contributed by atoms with Gasteiger partial charge in [0.15, 0.2) is 5.82 Å². The third-order valence-corrected chi connectivity index (χ3v) is 4.01. The lowest BCUT2D eigenvalue weighted by Crippen LogP contribution is -2.37. The van der Waals surface area contributed by atoms with Crippen LogP contribution in [-0.2, 0) is 16.0 Å². The fraction of sp³-hybridized carbons (Fsp3) is 0.462. The van der Waals surface area contributed by atoms with E-state index < -0.39 is 0 Å². The van der Waals surface area contributed by atoms with Crippen molar-refractivity contribution in [2.24, 2.45) is 5.73 Å². The maximum Gasteiger partial charge on any atom is 0.223 e. The standard InChI is InChI=1S/C13H15N5O2/c14-12(19)2-7-1-11-10(4-15-7)13(17-16-11)18-5-9-3-8(18)6-20-9/h1,4,8-9H,2-3,5-6H2,(H2,14,19)(H,16,17).